The number of fused-ring (bicyclic) bond motifs is 1. The molecule has 148 valence electrons. The van der Waals surface area contributed by atoms with Crippen molar-refractivity contribution in [3.05, 3.63) is 53.3 Å². The molecule has 0 bridgehead atoms. The first-order valence-electron chi connectivity index (χ1n) is 8.43. The van der Waals surface area contributed by atoms with E-state index in [1.165, 1.54) is 10.6 Å². The van der Waals surface area contributed by atoms with Gasteiger partial charge in [-0.2, -0.15) is 9.40 Å². The lowest BCUT2D eigenvalue weighted by Gasteiger charge is -2.16. The fourth-order valence-electron chi connectivity index (χ4n) is 2.96. The summed E-state index contributed by atoms with van der Waals surface area (Å²) in [5, 5.41) is 7.26. The van der Waals surface area contributed by atoms with Crippen molar-refractivity contribution < 1.29 is 13.2 Å². The minimum Gasteiger partial charge on any atom is -0.349 e. The third-order valence-corrected chi connectivity index (χ3v) is 5.63. The van der Waals surface area contributed by atoms with Crippen LogP contribution in [-0.4, -0.2) is 41.2 Å². The molecule has 1 aliphatic rings. The number of benzene rings is 1. The van der Waals surface area contributed by atoms with E-state index in [-0.39, 0.29) is 24.9 Å². The van der Waals surface area contributed by atoms with Gasteiger partial charge in [-0.3, -0.25) is 9.48 Å². The molecule has 1 amide bonds. The highest BCUT2D eigenvalue weighted by molar-refractivity contribution is 7.88. The summed E-state index contributed by atoms with van der Waals surface area (Å²) >= 11 is 0. The van der Waals surface area contributed by atoms with Gasteiger partial charge in [-0.05, 0) is 18.1 Å². The predicted molar refractivity (Wildman–Crippen MR) is 105 cm³/mol. The number of carbonyl (C=O) groups is 1. The molecule has 0 saturated heterocycles. The molecule has 2 aromatic rings. The van der Waals surface area contributed by atoms with E-state index in [0.29, 0.717) is 31.7 Å². The fourth-order valence-corrected chi connectivity index (χ4v) is 3.79. The molecule has 0 aliphatic carbocycles. The molecule has 0 saturated carbocycles. The summed E-state index contributed by atoms with van der Waals surface area (Å²) in [5.41, 5.74) is 8.23. The summed E-state index contributed by atoms with van der Waals surface area (Å²) in [4.78, 5) is 12.2. The molecule has 0 spiro atoms. The predicted octanol–water partition coefficient (Wildman–Crippen LogP) is 0.786. The zero-order valence-electron chi connectivity index (χ0n) is 15.0. The van der Waals surface area contributed by atoms with E-state index in [9.17, 15) is 13.2 Å². The van der Waals surface area contributed by atoms with Gasteiger partial charge in [0.25, 0.3) is 0 Å². The number of amides is 1. The molecule has 10 heteroatoms. The maximum Gasteiger partial charge on any atom is 0.241 e. The number of nitrogens with one attached hydrogen (secondary N) is 1. The van der Waals surface area contributed by atoms with Gasteiger partial charge in [0.1, 0.15) is 6.04 Å². The minimum atomic E-state index is -3.24. The molecule has 0 radical (unpaired) electrons. The Bertz CT molecular complexity index is 885. The van der Waals surface area contributed by atoms with Gasteiger partial charge in [-0.15, -0.1) is 12.4 Å². The van der Waals surface area contributed by atoms with E-state index in [2.05, 4.69) is 10.4 Å². The third kappa shape index (κ3) is 5.29. The largest absolute Gasteiger partial charge is 0.349 e. The molecule has 3 N–H and O–H groups in total. The smallest absolute Gasteiger partial charge is 0.241 e. The van der Waals surface area contributed by atoms with Crippen molar-refractivity contribution in [2.45, 2.75) is 32.1 Å². The zero-order chi connectivity index (χ0) is 18.7. The number of hydrogen-bond acceptors (Lipinski definition) is 5. The van der Waals surface area contributed by atoms with Crippen molar-refractivity contribution >= 4 is 28.3 Å². The second-order valence-corrected chi connectivity index (χ2v) is 8.39. The number of rotatable bonds is 5. The molecule has 1 aromatic carbocycles. The number of hydrogen-bond donors (Lipinski definition) is 2. The van der Waals surface area contributed by atoms with Gasteiger partial charge in [0, 0.05) is 13.1 Å². The summed E-state index contributed by atoms with van der Waals surface area (Å²) in [5.74, 6) is -0.280. The maximum atomic E-state index is 12.2. The monoisotopic (exact) mass is 413 g/mol. The van der Waals surface area contributed by atoms with E-state index < -0.39 is 16.1 Å². The molecule has 0 fully saturated rings. The number of aromatic nitrogens is 2. The minimum absolute atomic E-state index is 0. The SMILES string of the molecule is CS(=O)(=O)N1CCCn2nc(CNC(=O)[C@H](N)c3ccccc3)cc2C1.Cl. The lowest BCUT2D eigenvalue weighted by molar-refractivity contribution is -0.122. The van der Waals surface area contributed by atoms with Crippen molar-refractivity contribution in [1.29, 1.82) is 0 Å². The number of nitrogens with two attached hydrogens (primary N) is 1. The molecular formula is C17H24ClN5O3S. The molecule has 1 atom stereocenters. The first kappa shape index (κ1) is 21.4. The Kier molecular flexibility index (Phi) is 6.99. The Morgan fingerprint density at radius 2 is 2.00 bits per heavy atom. The van der Waals surface area contributed by atoms with Crippen LogP contribution in [0, 0.1) is 0 Å². The molecule has 3 rings (SSSR count). The Balaban J connectivity index is 0.00000261. The highest BCUT2D eigenvalue weighted by Crippen LogP contribution is 2.16. The van der Waals surface area contributed by atoms with Crippen LogP contribution in [0.5, 0.6) is 0 Å². The number of carbonyl (C=O) groups excluding carboxylic acids is 1. The molecule has 1 aromatic heterocycles. The van der Waals surface area contributed by atoms with Gasteiger partial charge in [0.15, 0.2) is 0 Å². The summed E-state index contributed by atoms with van der Waals surface area (Å²) < 4.78 is 26.9. The van der Waals surface area contributed by atoms with Crippen LogP contribution in [0.2, 0.25) is 0 Å². The van der Waals surface area contributed by atoms with Crippen molar-refractivity contribution in [3.8, 4) is 0 Å². The molecule has 0 unspecified atom stereocenters. The number of aryl methyl sites for hydroxylation is 1. The van der Waals surface area contributed by atoms with E-state index in [0.717, 1.165) is 11.3 Å². The highest BCUT2D eigenvalue weighted by atomic mass is 35.5. The third-order valence-electron chi connectivity index (χ3n) is 4.38. The molecule has 2 heterocycles. The van der Waals surface area contributed by atoms with Crippen molar-refractivity contribution in [2.24, 2.45) is 5.73 Å². The van der Waals surface area contributed by atoms with E-state index in [1.54, 1.807) is 0 Å². The highest BCUT2D eigenvalue weighted by Gasteiger charge is 2.23. The van der Waals surface area contributed by atoms with Crippen LogP contribution in [0.4, 0.5) is 0 Å². The standard InChI is InChI=1S/C17H23N5O3S.ClH/c1-26(24,25)21-8-5-9-22-15(12-21)10-14(20-22)11-19-17(23)16(18)13-6-3-2-4-7-13;/h2-4,6-7,10,16H,5,8-9,11-12,18H2,1H3,(H,19,23);1H/t16-;/m1./s1. The Morgan fingerprint density at radius 3 is 2.67 bits per heavy atom. The molecule has 1 aliphatic heterocycles. The zero-order valence-corrected chi connectivity index (χ0v) is 16.7. The summed E-state index contributed by atoms with van der Waals surface area (Å²) in [7, 11) is -3.24. The van der Waals surface area contributed by atoms with Crippen molar-refractivity contribution in [3.63, 3.8) is 0 Å². The summed E-state index contributed by atoms with van der Waals surface area (Å²) in [6, 6.07) is 10.2. The summed E-state index contributed by atoms with van der Waals surface area (Å²) in [6.07, 6.45) is 1.91. The van der Waals surface area contributed by atoms with E-state index in [4.69, 9.17) is 5.73 Å². The topological polar surface area (TPSA) is 110 Å². The van der Waals surface area contributed by atoms with Gasteiger partial charge in [-0.1, -0.05) is 30.3 Å². The van der Waals surface area contributed by atoms with Crippen LogP contribution in [0.3, 0.4) is 0 Å². The second kappa shape index (κ2) is 8.83. The van der Waals surface area contributed by atoms with Gasteiger partial charge in [0.05, 0.1) is 30.7 Å². The maximum absolute atomic E-state index is 12.2. The van der Waals surface area contributed by atoms with Gasteiger partial charge >= 0.3 is 0 Å². The van der Waals surface area contributed by atoms with Crippen molar-refractivity contribution in [1.82, 2.24) is 19.4 Å². The first-order chi connectivity index (χ1) is 12.3. The fraction of sp³-hybridized carbons (Fsp3) is 0.412. The molecule has 8 nitrogen and oxygen atoms in total. The Morgan fingerprint density at radius 1 is 1.30 bits per heavy atom. The average molecular weight is 414 g/mol. The van der Waals surface area contributed by atoms with E-state index in [1.807, 2.05) is 41.1 Å². The van der Waals surface area contributed by atoms with Crippen LogP contribution in [-0.2, 0) is 34.5 Å². The quantitative estimate of drug-likeness (QED) is 0.752. The van der Waals surface area contributed by atoms with Gasteiger partial charge < -0.3 is 11.1 Å². The van der Waals surface area contributed by atoms with Crippen LogP contribution in [0.25, 0.3) is 0 Å². The normalized spacial score (nSPS) is 15.9. The second-order valence-electron chi connectivity index (χ2n) is 6.41. The van der Waals surface area contributed by atoms with Gasteiger partial charge in [0.2, 0.25) is 15.9 Å². The Hall–Kier alpha value is -1.94. The molecule has 27 heavy (non-hydrogen) atoms. The van der Waals surface area contributed by atoms with Gasteiger partial charge in [-0.25, -0.2) is 8.42 Å². The molecular weight excluding hydrogens is 390 g/mol. The van der Waals surface area contributed by atoms with Crippen molar-refractivity contribution in [2.75, 3.05) is 12.8 Å². The Labute approximate surface area is 165 Å². The first-order valence-corrected chi connectivity index (χ1v) is 10.3. The summed E-state index contributed by atoms with van der Waals surface area (Å²) in [6.45, 7) is 1.68. The van der Waals surface area contributed by atoms with Crippen LogP contribution in [0.1, 0.15) is 29.4 Å². The van der Waals surface area contributed by atoms with Crippen LogP contribution < -0.4 is 11.1 Å². The number of halogens is 1. The van der Waals surface area contributed by atoms with Crippen LogP contribution in [0.15, 0.2) is 36.4 Å². The lowest BCUT2D eigenvalue weighted by Crippen LogP contribution is -2.33. The van der Waals surface area contributed by atoms with Crippen LogP contribution >= 0.6 is 12.4 Å². The average Bonchev–Trinajstić information content (AvgIpc) is 2.88. The number of nitrogens with zero attached hydrogens (tertiary/aromatic N) is 3. The van der Waals surface area contributed by atoms with E-state index >= 15 is 0 Å². The number of sulfonamides is 1. The lowest BCUT2D eigenvalue weighted by atomic mass is 10.1.